The van der Waals surface area contributed by atoms with E-state index in [0.29, 0.717) is 18.1 Å². The van der Waals surface area contributed by atoms with Crippen LogP contribution in [0.25, 0.3) is 17.1 Å². The molecule has 7 heteroatoms. The fourth-order valence-electron chi connectivity index (χ4n) is 2.76. The normalized spacial score (nSPS) is 12.0. The SMILES string of the molecule is CCCn1c(NC(=O)C=Cc2cccc(C(F)(F)F)c2)nc2ccccc21. The highest BCUT2D eigenvalue weighted by Gasteiger charge is 2.30. The van der Waals surface area contributed by atoms with Crippen molar-refractivity contribution in [3.8, 4) is 0 Å². The molecule has 0 saturated heterocycles. The molecular weight excluding hydrogens is 355 g/mol. The van der Waals surface area contributed by atoms with Crippen LogP contribution in [-0.4, -0.2) is 15.5 Å². The Morgan fingerprint density at radius 2 is 1.96 bits per heavy atom. The first-order valence-corrected chi connectivity index (χ1v) is 8.50. The molecule has 1 amide bonds. The number of alkyl halides is 3. The molecule has 0 aliphatic rings. The second-order valence-electron chi connectivity index (χ2n) is 6.02. The van der Waals surface area contributed by atoms with Crippen LogP contribution in [0.5, 0.6) is 0 Å². The molecule has 0 bridgehead atoms. The van der Waals surface area contributed by atoms with Crippen molar-refractivity contribution >= 4 is 29.0 Å². The second-order valence-corrected chi connectivity index (χ2v) is 6.02. The molecule has 0 radical (unpaired) electrons. The van der Waals surface area contributed by atoms with E-state index in [1.54, 1.807) is 0 Å². The first kappa shape index (κ1) is 18.7. The number of hydrogen-bond acceptors (Lipinski definition) is 2. The van der Waals surface area contributed by atoms with Crippen molar-refractivity contribution in [3.05, 3.63) is 65.7 Å². The second kappa shape index (κ2) is 7.65. The topological polar surface area (TPSA) is 46.9 Å². The molecule has 27 heavy (non-hydrogen) atoms. The molecular formula is C20H18F3N3O. The number of nitrogens with one attached hydrogen (secondary N) is 1. The Bertz CT molecular complexity index is 990. The first-order chi connectivity index (χ1) is 12.9. The van der Waals surface area contributed by atoms with Gasteiger partial charge in [-0.2, -0.15) is 13.2 Å². The van der Waals surface area contributed by atoms with Crippen LogP contribution in [0.2, 0.25) is 0 Å². The number of nitrogens with zero attached hydrogens (tertiary/aromatic N) is 2. The smallest absolute Gasteiger partial charge is 0.310 e. The molecule has 0 fully saturated rings. The standard InChI is InChI=1S/C20H18F3N3O/c1-2-12-26-17-9-4-3-8-16(17)24-19(26)25-18(27)11-10-14-6-5-7-15(13-14)20(21,22)23/h3-11,13H,2,12H2,1H3,(H,24,25,27). The summed E-state index contributed by atoms with van der Waals surface area (Å²) in [4.78, 5) is 16.6. The summed E-state index contributed by atoms with van der Waals surface area (Å²) >= 11 is 0. The predicted molar refractivity (Wildman–Crippen MR) is 99.1 cm³/mol. The van der Waals surface area contributed by atoms with Crippen molar-refractivity contribution in [1.29, 1.82) is 0 Å². The third kappa shape index (κ3) is 4.36. The Hall–Kier alpha value is -3.09. The van der Waals surface area contributed by atoms with Gasteiger partial charge < -0.3 is 4.57 Å². The summed E-state index contributed by atoms with van der Waals surface area (Å²) in [6, 6.07) is 12.3. The minimum absolute atomic E-state index is 0.294. The molecule has 0 spiro atoms. The summed E-state index contributed by atoms with van der Waals surface area (Å²) in [6.45, 7) is 2.71. The first-order valence-electron chi connectivity index (χ1n) is 8.50. The van der Waals surface area contributed by atoms with Gasteiger partial charge in [-0.1, -0.05) is 31.2 Å². The van der Waals surface area contributed by atoms with Gasteiger partial charge in [-0.05, 0) is 42.3 Å². The van der Waals surface area contributed by atoms with Gasteiger partial charge in [0.25, 0.3) is 5.91 Å². The number of aryl methyl sites for hydroxylation is 1. The number of halogens is 3. The third-order valence-electron chi connectivity index (χ3n) is 3.98. The van der Waals surface area contributed by atoms with Gasteiger partial charge >= 0.3 is 6.18 Å². The lowest BCUT2D eigenvalue weighted by Crippen LogP contribution is -2.13. The zero-order valence-corrected chi connectivity index (χ0v) is 14.6. The number of aromatic nitrogens is 2. The number of anilines is 1. The molecule has 0 atom stereocenters. The number of carbonyl (C=O) groups is 1. The van der Waals surface area contributed by atoms with Crippen LogP contribution >= 0.6 is 0 Å². The maximum Gasteiger partial charge on any atom is 0.416 e. The number of amides is 1. The van der Waals surface area contributed by atoms with Crippen LogP contribution in [0.1, 0.15) is 24.5 Å². The van der Waals surface area contributed by atoms with Crippen molar-refractivity contribution < 1.29 is 18.0 Å². The minimum atomic E-state index is -4.42. The Kier molecular flexibility index (Phi) is 5.30. The van der Waals surface area contributed by atoms with E-state index in [2.05, 4.69) is 10.3 Å². The molecule has 0 unspecified atom stereocenters. The summed E-state index contributed by atoms with van der Waals surface area (Å²) in [6.07, 6.45) is -1.01. The molecule has 1 aromatic heterocycles. The Balaban J connectivity index is 1.79. The lowest BCUT2D eigenvalue weighted by atomic mass is 10.1. The van der Waals surface area contributed by atoms with Gasteiger partial charge in [-0.25, -0.2) is 4.98 Å². The average Bonchev–Trinajstić information content (AvgIpc) is 2.97. The van der Waals surface area contributed by atoms with Gasteiger partial charge in [0.1, 0.15) is 0 Å². The predicted octanol–water partition coefficient (Wildman–Crippen LogP) is 5.12. The maximum atomic E-state index is 12.8. The van der Waals surface area contributed by atoms with E-state index in [9.17, 15) is 18.0 Å². The molecule has 1 heterocycles. The Morgan fingerprint density at radius 1 is 1.19 bits per heavy atom. The van der Waals surface area contributed by atoms with E-state index >= 15 is 0 Å². The van der Waals surface area contributed by atoms with Gasteiger partial charge in [0.15, 0.2) is 0 Å². The van der Waals surface area contributed by atoms with Crippen LogP contribution in [0.15, 0.2) is 54.6 Å². The van der Waals surface area contributed by atoms with Crippen LogP contribution in [0.3, 0.4) is 0 Å². The summed E-state index contributed by atoms with van der Waals surface area (Å²) in [5.41, 5.74) is 1.22. The number of benzene rings is 2. The monoisotopic (exact) mass is 373 g/mol. The number of carbonyl (C=O) groups excluding carboxylic acids is 1. The minimum Gasteiger partial charge on any atom is -0.310 e. The molecule has 3 aromatic rings. The van der Waals surface area contributed by atoms with Crippen LogP contribution < -0.4 is 5.32 Å². The molecule has 0 aliphatic carbocycles. The fourth-order valence-corrected chi connectivity index (χ4v) is 2.76. The maximum absolute atomic E-state index is 12.8. The average molecular weight is 373 g/mol. The fraction of sp³-hybridized carbons (Fsp3) is 0.200. The number of para-hydroxylation sites is 2. The van der Waals surface area contributed by atoms with Gasteiger partial charge in [-0.15, -0.1) is 0 Å². The third-order valence-corrected chi connectivity index (χ3v) is 3.98. The molecule has 3 rings (SSSR count). The van der Waals surface area contributed by atoms with Gasteiger partial charge in [0.05, 0.1) is 16.6 Å². The number of imidazole rings is 1. The van der Waals surface area contributed by atoms with Crippen molar-refractivity contribution in [1.82, 2.24) is 9.55 Å². The molecule has 4 nitrogen and oxygen atoms in total. The summed E-state index contributed by atoms with van der Waals surface area (Å²) in [7, 11) is 0. The van der Waals surface area contributed by atoms with E-state index in [1.807, 2.05) is 35.8 Å². The Morgan fingerprint density at radius 3 is 2.70 bits per heavy atom. The lowest BCUT2D eigenvalue weighted by molar-refractivity contribution is -0.137. The van der Waals surface area contributed by atoms with E-state index in [0.717, 1.165) is 29.6 Å². The molecule has 0 aliphatic heterocycles. The largest absolute Gasteiger partial charge is 0.416 e. The van der Waals surface area contributed by atoms with Gasteiger partial charge in [0, 0.05) is 12.6 Å². The van der Waals surface area contributed by atoms with Crippen LogP contribution in [-0.2, 0) is 17.5 Å². The van der Waals surface area contributed by atoms with Crippen molar-refractivity contribution in [2.45, 2.75) is 26.1 Å². The summed E-state index contributed by atoms with van der Waals surface area (Å²) in [5.74, 6) is -0.0446. The van der Waals surface area contributed by atoms with Crippen molar-refractivity contribution in [3.63, 3.8) is 0 Å². The van der Waals surface area contributed by atoms with Crippen LogP contribution in [0.4, 0.5) is 19.1 Å². The molecule has 140 valence electrons. The highest BCUT2D eigenvalue weighted by Crippen LogP contribution is 2.29. The van der Waals surface area contributed by atoms with Gasteiger partial charge in [-0.3, -0.25) is 10.1 Å². The van der Waals surface area contributed by atoms with Crippen molar-refractivity contribution in [2.75, 3.05) is 5.32 Å². The molecule has 2 aromatic carbocycles. The van der Waals surface area contributed by atoms with E-state index in [1.165, 1.54) is 24.3 Å². The summed E-state index contributed by atoms with van der Waals surface area (Å²) < 4.78 is 40.2. The zero-order valence-electron chi connectivity index (χ0n) is 14.6. The van der Waals surface area contributed by atoms with Gasteiger partial charge in [0.2, 0.25) is 5.95 Å². The zero-order chi connectivity index (χ0) is 19.4. The van der Waals surface area contributed by atoms with E-state index in [-0.39, 0.29) is 0 Å². The molecule has 0 saturated carbocycles. The Labute approximate surface area is 154 Å². The highest BCUT2D eigenvalue weighted by molar-refractivity contribution is 6.01. The van der Waals surface area contributed by atoms with E-state index in [4.69, 9.17) is 0 Å². The number of fused-ring (bicyclic) bond motifs is 1. The number of hydrogen-bond donors (Lipinski definition) is 1. The molecule has 1 N–H and O–H groups in total. The number of rotatable bonds is 5. The summed E-state index contributed by atoms with van der Waals surface area (Å²) in [5, 5.41) is 2.70. The highest BCUT2D eigenvalue weighted by atomic mass is 19.4. The van der Waals surface area contributed by atoms with Crippen LogP contribution in [0, 0.1) is 0 Å². The quantitative estimate of drug-likeness (QED) is 0.631. The van der Waals surface area contributed by atoms with Crippen molar-refractivity contribution in [2.24, 2.45) is 0 Å². The van der Waals surface area contributed by atoms with E-state index < -0.39 is 17.6 Å². The lowest BCUT2D eigenvalue weighted by Gasteiger charge is -2.08.